The number of hydrogen-bond donors (Lipinski definition) is 1. The summed E-state index contributed by atoms with van der Waals surface area (Å²) in [5.74, 6) is 2.45. The lowest BCUT2D eigenvalue weighted by atomic mass is 9.79. The summed E-state index contributed by atoms with van der Waals surface area (Å²) in [4.78, 5) is 24.5. The molecule has 2 aromatic rings. The van der Waals surface area contributed by atoms with Crippen molar-refractivity contribution in [3.05, 3.63) is 72.8 Å². The first-order chi connectivity index (χ1) is 17.3. The Morgan fingerprint density at radius 1 is 1.06 bits per heavy atom. The van der Waals surface area contributed by atoms with E-state index in [0.29, 0.717) is 23.5 Å². The molecular formula is C29H39NO5S. The summed E-state index contributed by atoms with van der Waals surface area (Å²) in [6, 6.07) is 18.2. The van der Waals surface area contributed by atoms with Crippen LogP contribution in [0.1, 0.15) is 45.6 Å². The zero-order valence-electron chi connectivity index (χ0n) is 21.8. The third-order valence-electron chi connectivity index (χ3n) is 6.11. The fourth-order valence-corrected chi connectivity index (χ4v) is 4.65. The highest BCUT2D eigenvalue weighted by molar-refractivity contribution is 7.99. The molecule has 2 aromatic carbocycles. The average molecular weight is 514 g/mol. The molecule has 196 valence electrons. The van der Waals surface area contributed by atoms with Gasteiger partial charge in [0, 0.05) is 16.7 Å². The lowest BCUT2D eigenvalue weighted by Gasteiger charge is -2.26. The lowest BCUT2D eigenvalue weighted by Crippen LogP contribution is -2.35. The summed E-state index contributed by atoms with van der Waals surface area (Å²) in [5.41, 5.74) is 1.31. The second-order valence-electron chi connectivity index (χ2n) is 8.95. The van der Waals surface area contributed by atoms with Gasteiger partial charge in [-0.2, -0.15) is 0 Å². The van der Waals surface area contributed by atoms with Crippen molar-refractivity contribution in [2.45, 2.75) is 51.0 Å². The summed E-state index contributed by atoms with van der Waals surface area (Å²) in [7, 11) is 0. The molecule has 0 fully saturated rings. The molecule has 3 atom stereocenters. The Bertz CT molecular complexity index is 932. The fraction of sp³-hybridized carbons (Fsp3) is 0.448. The van der Waals surface area contributed by atoms with E-state index in [4.69, 9.17) is 14.2 Å². The van der Waals surface area contributed by atoms with E-state index >= 15 is 0 Å². The maximum absolute atomic E-state index is 12.3. The van der Waals surface area contributed by atoms with Gasteiger partial charge < -0.3 is 19.5 Å². The Balaban J connectivity index is 1.95. The molecule has 0 heterocycles. The predicted molar refractivity (Wildman–Crippen MR) is 146 cm³/mol. The predicted octanol–water partition coefficient (Wildman–Crippen LogP) is 6.47. The van der Waals surface area contributed by atoms with Crippen molar-refractivity contribution < 1.29 is 23.8 Å². The molecule has 7 heteroatoms. The number of carbonyl (C=O) groups excluding carboxylic acids is 2. The van der Waals surface area contributed by atoms with E-state index < -0.39 is 18.2 Å². The molecule has 1 N–H and O–H groups in total. The molecule has 1 amide bonds. The van der Waals surface area contributed by atoms with E-state index in [0.717, 1.165) is 23.1 Å². The number of alkyl carbamates (subject to hydrolysis) is 1. The van der Waals surface area contributed by atoms with E-state index in [-0.39, 0.29) is 19.8 Å². The highest BCUT2D eigenvalue weighted by atomic mass is 32.2. The van der Waals surface area contributed by atoms with Crippen LogP contribution in [0.15, 0.2) is 72.1 Å². The molecule has 0 aliphatic carbocycles. The standard InChI is InChI=1S/C29H39NO5S/c1-6-27(22(5)21(3)4)23-13-15-24(16-14-23)34-19-25(20-36-26-11-9-8-10-12-26)35-29(32)30-17-18-33-28(31)7-2/h7-16,21-22,25,27H,2,6,17-20H2,1,3-5H3,(H,30,32). The van der Waals surface area contributed by atoms with E-state index in [1.807, 2.05) is 42.5 Å². The highest BCUT2D eigenvalue weighted by Crippen LogP contribution is 2.33. The highest BCUT2D eigenvalue weighted by Gasteiger charge is 2.21. The number of rotatable bonds is 15. The van der Waals surface area contributed by atoms with Crippen LogP contribution in [-0.4, -0.2) is 43.7 Å². The fourth-order valence-electron chi connectivity index (χ4n) is 3.75. The molecule has 0 spiro atoms. The first-order valence-electron chi connectivity index (χ1n) is 12.5. The Morgan fingerprint density at radius 2 is 1.75 bits per heavy atom. The number of hydrogen-bond acceptors (Lipinski definition) is 6. The molecular weight excluding hydrogens is 474 g/mol. The molecule has 0 saturated carbocycles. The second-order valence-corrected chi connectivity index (χ2v) is 10.0. The van der Waals surface area contributed by atoms with Crippen LogP contribution in [0.5, 0.6) is 5.75 Å². The van der Waals surface area contributed by atoms with Crippen LogP contribution in [0.2, 0.25) is 0 Å². The van der Waals surface area contributed by atoms with E-state index in [2.05, 4.69) is 51.7 Å². The van der Waals surface area contributed by atoms with Gasteiger partial charge in [0.15, 0.2) is 0 Å². The van der Waals surface area contributed by atoms with Crippen LogP contribution in [0.4, 0.5) is 4.79 Å². The molecule has 2 rings (SSSR count). The minimum atomic E-state index is -0.587. The van der Waals surface area contributed by atoms with Gasteiger partial charge in [-0.1, -0.05) is 64.6 Å². The number of nitrogens with one attached hydrogen (secondary N) is 1. The second kappa shape index (κ2) is 15.9. The number of amides is 1. The molecule has 0 aromatic heterocycles. The first kappa shape index (κ1) is 29.3. The van der Waals surface area contributed by atoms with Crippen LogP contribution >= 0.6 is 11.8 Å². The Morgan fingerprint density at radius 3 is 2.36 bits per heavy atom. The maximum Gasteiger partial charge on any atom is 0.407 e. The zero-order valence-corrected chi connectivity index (χ0v) is 22.6. The van der Waals surface area contributed by atoms with Gasteiger partial charge in [0.25, 0.3) is 0 Å². The Hall–Kier alpha value is -2.93. The van der Waals surface area contributed by atoms with E-state index in [1.165, 1.54) is 5.56 Å². The SMILES string of the molecule is C=CC(=O)OCCNC(=O)OC(COc1ccc(C(CC)C(C)C(C)C)cc1)CSc1ccccc1. The smallest absolute Gasteiger partial charge is 0.407 e. The minimum absolute atomic E-state index is 0.0421. The Labute approximate surface area is 219 Å². The summed E-state index contributed by atoms with van der Waals surface area (Å²) < 4.78 is 16.5. The van der Waals surface area contributed by atoms with Gasteiger partial charge in [-0.25, -0.2) is 9.59 Å². The molecule has 0 radical (unpaired) electrons. The molecule has 3 unspecified atom stereocenters. The van der Waals surface area contributed by atoms with Crippen LogP contribution in [0.3, 0.4) is 0 Å². The number of ether oxygens (including phenoxy) is 3. The molecule has 0 aliphatic heterocycles. The van der Waals surface area contributed by atoms with Crippen LogP contribution in [0, 0.1) is 11.8 Å². The van der Waals surface area contributed by atoms with Gasteiger partial charge >= 0.3 is 12.1 Å². The lowest BCUT2D eigenvalue weighted by molar-refractivity contribution is -0.137. The normalized spacial score (nSPS) is 13.4. The minimum Gasteiger partial charge on any atom is -0.490 e. The van der Waals surface area contributed by atoms with Gasteiger partial charge in [0.2, 0.25) is 0 Å². The van der Waals surface area contributed by atoms with Crippen LogP contribution < -0.4 is 10.1 Å². The zero-order chi connectivity index (χ0) is 26.3. The van der Waals surface area contributed by atoms with E-state index in [9.17, 15) is 9.59 Å². The van der Waals surface area contributed by atoms with Crippen molar-refractivity contribution in [2.24, 2.45) is 11.8 Å². The van der Waals surface area contributed by atoms with Crippen molar-refractivity contribution in [2.75, 3.05) is 25.5 Å². The summed E-state index contributed by atoms with van der Waals surface area (Å²) in [6.07, 6.45) is 1.10. The van der Waals surface area contributed by atoms with Crippen molar-refractivity contribution in [1.29, 1.82) is 0 Å². The Kier molecular flexibility index (Phi) is 13.0. The third-order valence-corrected chi connectivity index (χ3v) is 7.25. The average Bonchev–Trinajstić information content (AvgIpc) is 2.89. The van der Waals surface area contributed by atoms with Crippen molar-refractivity contribution in [1.82, 2.24) is 5.32 Å². The van der Waals surface area contributed by atoms with Gasteiger partial charge in [0.1, 0.15) is 25.1 Å². The number of benzene rings is 2. The number of esters is 1. The van der Waals surface area contributed by atoms with E-state index in [1.54, 1.807) is 11.8 Å². The maximum atomic E-state index is 12.3. The third kappa shape index (κ3) is 10.4. The molecule has 36 heavy (non-hydrogen) atoms. The van der Waals surface area contributed by atoms with Crippen LogP contribution in [0.25, 0.3) is 0 Å². The van der Waals surface area contributed by atoms with Crippen molar-refractivity contribution in [3.63, 3.8) is 0 Å². The van der Waals surface area contributed by atoms with Gasteiger partial charge in [-0.15, -0.1) is 11.8 Å². The van der Waals surface area contributed by atoms with Crippen molar-refractivity contribution in [3.8, 4) is 5.75 Å². The van der Waals surface area contributed by atoms with Crippen LogP contribution in [-0.2, 0) is 14.3 Å². The number of thioether (sulfide) groups is 1. The monoisotopic (exact) mass is 513 g/mol. The van der Waals surface area contributed by atoms with Gasteiger partial charge in [0.05, 0.1) is 6.54 Å². The summed E-state index contributed by atoms with van der Waals surface area (Å²) >= 11 is 1.59. The first-order valence-corrected chi connectivity index (χ1v) is 13.5. The van der Waals surface area contributed by atoms with Gasteiger partial charge in [-0.3, -0.25) is 0 Å². The summed E-state index contributed by atoms with van der Waals surface area (Å²) in [6.45, 7) is 12.8. The molecule has 0 bridgehead atoms. The summed E-state index contributed by atoms with van der Waals surface area (Å²) in [5, 5.41) is 2.60. The molecule has 0 aliphatic rings. The topological polar surface area (TPSA) is 73.9 Å². The molecule has 6 nitrogen and oxygen atoms in total. The quantitative estimate of drug-likeness (QED) is 0.127. The largest absolute Gasteiger partial charge is 0.490 e. The van der Waals surface area contributed by atoms with Crippen molar-refractivity contribution >= 4 is 23.8 Å². The number of carbonyl (C=O) groups is 2. The van der Waals surface area contributed by atoms with Gasteiger partial charge in [-0.05, 0) is 54.0 Å². The molecule has 0 saturated heterocycles.